The van der Waals surface area contributed by atoms with E-state index in [1.165, 1.54) is 38.1 Å². The zero-order chi connectivity index (χ0) is 14.8. The molecule has 0 aliphatic carbocycles. The standard InChI is InChI=1S/C12H12F3NO3/c1-11(2,10(18)19)7-3-5-8(6-4-7)16-9(17)12(13,14)15/h3-6H,1-2H3,(H,16,17)(H,18,19). The van der Waals surface area contributed by atoms with Crippen LogP contribution in [0.15, 0.2) is 24.3 Å². The van der Waals surface area contributed by atoms with Crippen LogP contribution in [0.3, 0.4) is 0 Å². The molecule has 0 saturated heterocycles. The number of hydrogen-bond acceptors (Lipinski definition) is 2. The van der Waals surface area contributed by atoms with Gasteiger partial charge in [0.15, 0.2) is 0 Å². The minimum Gasteiger partial charge on any atom is -0.481 e. The molecule has 1 amide bonds. The predicted octanol–water partition coefficient (Wildman–Crippen LogP) is 2.55. The van der Waals surface area contributed by atoms with Gasteiger partial charge in [0.25, 0.3) is 0 Å². The summed E-state index contributed by atoms with van der Waals surface area (Å²) < 4.78 is 36.1. The normalized spacial score (nSPS) is 12.1. The summed E-state index contributed by atoms with van der Waals surface area (Å²) >= 11 is 0. The molecule has 4 nitrogen and oxygen atoms in total. The van der Waals surface area contributed by atoms with Crippen LogP contribution in [-0.2, 0) is 15.0 Å². The summed E-state index contributed by atoms with van der Waals surface area (Å²) in [4.78, 5) is 21.7. The van der Waals surface area contributed by atoms with Crippen molar-refractivity contribution in [2.24, 2.45) is 0 Å². The van der Waals surface area contributed by atoms with Crippen molar-refractivity contribution < 1.29 is 27.9 Å². The monoisotopic (exact) mass is 275 g/mol. The van der Waals surface area contributed by atoms with E-state index in [4.69, 9.17) is 5.11 Å². The van der Waals surface area contributed by atoms with Crippen LogP contribution in [0.5, 0.6) is 0 Å². The van der Waals surface area contributed by atoms with Gasteiger partial charge in [0.05, 0.1) is 5.41 Å². The van der Waals surface area contributed by atoms with Crippen molar-refractivity contribution in [3.63, 3.8) is 0 Å². The molecule has 0 bridgehead atoms. The summed E-state index contributed by atoms with van der Waals surface area (Å²) in [7, 11) is 0. The molecule has 0 aromatic heterocycles. The highest BCUT2D eigenvalue weighted by Gasteiger charge is 2.38. The van der Waals surface area contributed by atoms with Crippen molar-refractivity contribution >= 4 is 17.6 Å². The first-order valence-corrected chi connectivity index (χ1v) is 5.27. The summed E-state index contributed by atoms with van der Waals surface area (Å²) in [6.45, 7) is 2.94. The third-order valence-electron chi connectivity index (χ3n) is 2.66. The van der Waals surface area contributed by atoms with E-state index in [-0.39, 0.29) is 5.69 Å². The number of alkyl halides is 3. The third kappa shape index (κ3) is 3.46. The van der Waals surface area contributed by atoms with E-state index in [1.54, 1.807) is 5.32 Å². The molecule has 0 unspecified atom stereocenters. The predicted molar refractivity (Wildman–Crippen MR) is 61.8 cm³/mol. The number of amides is 1. The van der Waals surface area contributed by atoms with E-state index in [1.807, 2.05) is 0 Å². The van der Waals surface area contributed by atoms with Crippen LogP contribution in [0.1, 0.15) is 19.4 Å². The number of halogens is 3. The molecule has 2 N–H and O–H groups in total. The van der Waals surface area contributed by atoms with Gasteiger partial charge in [0.1, 0.15) is 0 Å². The molecule has 0 atom stereocenters. The van der Waals surface area contributed by atoms with Gasteiger partial charge in [-0.3, -0.25) is 9.59 Å². The lowest BCUT2D eigenvalue weighted by Gasteiger charge is -2.20. The largest absolute Gasteiger partial charge is 0.481 e. The molecular formula is C12H12F3NO3. The fraction of sp³-hybridized carbons (Fsp3) is 0.333. The SMILES string of the molecule is CC(C)(C(=O)O)c1ccc(NC(=O)C(F)(F)F)cc1. The zero-order valence-corrected chi connectivity index (χ0v) is 10.2. The number of aliphatic carboxylic acids is 1. The average molecular weight is 275 g/mol. The van der Waals surface area contributed by atoms with Gasteiger partial charge in [0, 0.05) is 5.69 Å². The summed E-state index contributed by atoms with van der Waals surface area (Å²) in [5.74, 6) is -3.13. The van der Waals surface area contributed by atoms with Crippen LogP contribution in [-0.4, -0.2) is 23.2 Å². The van der Waals surface area contributed by atoms with Crippen LogP contribution in [0.4, 0.5) is 18.9 Å². The average Bonchev–Trinajstić information content (AvgIpc) is 2.28. The number of anilines is 1. The number of rotatable bonds is 3. The van der Waals surface area contributed by atoms with Gasteiger partial charge >= 0.3 is 18.1 Å². The Hall–Kier alpha value is -2.05. The lowest BCUT2D eigenvalue weighted by molar-refractivity contribution is -0.167. The number of benzene rings is 1. The van der Waals surface area contributed by atoms with Gasteiger partial charge in [-0.05, 0) is 31.5 Å². The summed E-state index contributed by atoms with van der Waals surface area (Å²) in [6.07, 6.45) is -4.96. The maximum Gasteiger partial charge on any atom is 0.471 e. The molecule has 1 aromatic rings. The number of nitrogens with one attached hydrogen (secondary N) is 1. The Balaban J connectivity index is 2.89. The number of hydrogen-bond donors (Lipinski definition) is 2. The van der Waals surface area contributed by atoms with Crippen LogP contribution < -0.4 is 5.32 Å². The number of carbonyl (C=O) groups excluding carboxylic acids is 1. The number of carbonyl (C=O) groups is 2. The van der Waals surface area contributed by atoms with Crippen molar-refractivity contribution in [3.05, 3.63) is 29.8 Å². The first kappa shape index (κ1) is 15.0. The quantitative estimate of drug-likeness (QED) is 0.890. The number of carboxylic acid groups (broad SMARTS) is 1. The molecule has 1 rings (SSSR count). The van der Waals surface area contributed by atoms with E-state index in [0.29, 0.717) is 5.56 Å². The molecule has 104 valence electrons. The molecule has 0 aliphatic heterocycles. The molecule has 0 saturated carbocycles. The highest BCUT2D eigenvalue weighted by Crippen LogP contribution is 2.25. The molecule has 1 aromatic carbocycles. The molecule has 0 spiro atoms. The van der Waals surface area contributed by atoms with Crippen molar-refractivity contribution in [2.75, 3.05) is 5.32 Å². The van der Waals surface area contributed by atoms with Gasteiger partial charge in [-0.25, -0.2) is 0 Å². The summed E-state index contributed by atoms with van der Waals surface area (Å²) in [5.41, 5.74) is -0.788. The molecular weight excluding hydrogens is 263 g/mol. The van der Waals surface area contributed by atoms with Crippen LogP contribution in [0.25, 0.3) is 0 Å². The maximum absolute atomic E-state index is 12.0. The van der Waals surface area contributed by atoms with E-state index in [0.717, 1.165) is 0 Å². The fourth-order valence-corrected chi connectivity index (χ4v) is 1.30. The molecule has 19 heavy (non-hydrogen) atoms. The first-order chi connectivity index (χ1) is 8.55. The zero-order valence-electron chi connectivity index (χ0n) is 10.2. The maximum atomic E-state index is 12.0. The molecule has 0 radical (unpaired) electrons. The minimum atomic E-state index is -4.96. The first-order valence-electron chi connectivity index (χ1n) is 5.27. The Bertz CT molecular complexity index is 492. The topological polar surface area (TPSA) is 66.4 Å². The Kier molecular flexibility index (Phi) is 3.88. The van der Waals surface area contributed by atoms with Crippen molar-refractivity contribution in [3.8, 4) is 0 Å². The highest BCUT2D eigenvalue weighted by molar-refractivity contribution is 5.95. The summed E-state index contributed by atoms with van der Waals surface area (Å²) in [6, 6.07) is 5.17. The Morgan fingerprint density at radius 3 is 1.95 bits per heavy atom. The van der Waals surface area contributed by atoms with E-state index in [9.17, 15) is 22.8 Å². The third-order valence-corrected chi connectivity index (χ3v) is 2.66. The summed E-state index contributed by atoms with van der Waals surface area (Å²) in [5, 5.41) is 10.7. The van der Waals surface area contributed by atoms with Crippen molar-refractivity contribution in [2.45, 2.75) is 25.4 Å². The highest BCUT2D eigenvalue weighted by atomic mass is 19.4. The van der Waals surface area contributed by atoms with E-state index < -0.39 is 23.5 Å². The minimum absolute atomic E-state index is 0.0488. The van der Waals surface area contributed by atoms with Crippen LogP contribution in [0, 0.1) is 0 Å². The Labute approximate surface area is 107 Å². The Morgan fingerprint density at radius 2 is 1.58 bits per heavy atom. The van der Waals surface area contributed by atoms with Crippen LogP contribution in [0.2, 0.25) is 0 Å². The molecule has 0 aliphatic rings. The second-order valence-electron chi connectivity index (χ2n) is 4.46. The smallest absolute Gasteiger partial charge is 0.471 e. The van der Waals surface area contributed by atoms with E-state index in [2.05, 4.69) is 0 Å². The second kappa shape index (κ2) is 4.91. The van der Waals surface area contributed by atoms with Gasteiger partial charge in [-0.2, -0.15) is 13.2 Å². The van der Waals surface area contributed by atoms with Gasteiger partial charge in [0.2, 0.25) is 0 Å². The Morgan fingerprint density at radius 1 is 1.11 bits per heavy atom. The van der Waals surface area contributed by atoms with Crippen LogP contribution >= 0.6 is 0 Å². The van der Waals surface area contributed by atoms with E-state index >= 15 is 0 Å². The van der Waals surface area contributed by atoms with Gasteiger partial charge < -0.3 is 10.4 Å². The molecule has 0 fully saturated rings. The number of carboxylic acids is 1. The molecule has 7 heteroatoms. The van der Waals surface area contributed by atoms with Gasteiger partial charge in [-0.1, -0.05) is 12.1 Å². The van der Waals surface area contributed by atoms with Gasteiger partial charge in [-0.15, -0.1) is 0 Å². The lowest BCUT2D eigenvalue weighted by Crippen LogP contribution is -2.30. The lowest BCUT2D eigenvalue weighted by atomic mass is 9.85. The van der Waals surface area contributed by atoms with Crippen molar-refractivity contribution in [1.29, 1.82) is 0 Å². The fourth-order valence-electron chi connectivity index (χ4n) is 1.30. The van der Waals surface area contributed by atoms with Crippen molar-refractivity contribution in [1.82, 2.24) is 0 Å². The second-order valence-corrected chi connectivity index (χ2v) is 4.46. The molecule has 0 heterocycles.